The Morgan fingerprint density at radius 1 is 1.27 bits per heavy atom. The van der Waals surface area contributed by atoms with E-state index in [0.29, 0.717) is 11.5 Å². The van der Waals surface area contributed by atoms with Crippen LogP contribution in [0, 0.1) is 5.41 Å². The van der Waals surface area contributed by atoms with E-state index < -0.39 is 0 Å². The topological polar surface area (TPSA) is 24.1 Å². The third-order valence-electron chi connectivity index (χ3n) is 2.39. The van der Waals surface area contributed by atoms with Gasteiger partial charge in [-0.3, -0.25) is 0 Å². The SMILES string of the molecule is CNCC1(CNC(C)C)CC1. The van der Waals surface area contributed by atoms with Gasteiger partial charge in [0.1, 0.15) is 0 Å². The van der Waals surface area contributed by atoms with Gasteiger partial charge < -0.3 is 10.6 Å². The van der Waals surface area contributed by atoms with Crippen molar-refractivity contribution >= 4 is 0 Å². The molecule has 2 heteroatoms. The summed E-state index contributed by atoms with van der Waals surface area (Å²) in [4.78, 5) is 0. The van der Waals surface area contributed by atoms with Crippen molar-refractivity contribution in [1.82, 2.24) is 10.6 Å². The zero-order chi connectivity index (χ0) is 8.32. The van der Waals surface area contributed by atoms with Crippen LogP contribution in [0.1, 0.15) is 26.7 Å². The summed E-state index contributed by atoms with van der Waals surface area (Å²) in [5.41, 5.74) is 0.610. The highest BCUT2D eigenvalue weighted by molar-refractivity contribution is 4.96. The van der Waals surface area contributed by atoms with Gasteiger partial charge in [0.05, 0.1) is 0 Å². The Labute approximate surface area is 69.8 Å². The minimum Gasteiger partial charge on any atom is -0.319 e. The molecule has 0 radical (unpaired) electrons. The van der Waals surface area contributed by atoms with E-state index >= 15 is 0 Å². The normalized spacial score (nSPS) is 20.7. The van der Waals surface area contributed by atoms with E-state index in [0.717, 1.165) is 0 Å². The highest BCUT2D eigenvalue weighted by atomic mass is 14.9. The van der Waals surface area contributed by atoms with Gasteiger partial charge in [0.25, 0.3) is 0 Å². The summed E-state index contributed by atoms with van der Waals surface area (Å²) < 4.78 is 0. The van der Waals surface area contributed by atoms with Gasteiger partial charge in [0, 0.05) is 19.1 Å². The average Bonchev–Trinajstić information content (AvgIpc) is 2.67. The highest BCUT2D eigenvalue weighted by Crippen LogP contribution is 2.44. The van der Waals surface area contributed by atoms with Gasteiger partial charge in [0.15, 0.2) is 0 Å². The van der Waals surface area contributed by atoms with Crippen LogP contribution in [-0.2, 0) is 0 Å². The lowest BCUT2D eigenvalue weighted by Crippen LogP contribution is -2.34. The first kappa shape index (κ1) is 9.01. The van der Waals surface area contributed by atoms with Gasteiger partial charge in [-0.25, -0.2) is 0 Å². The van der Waals surface area contributed by atoms with Crippen molar-refractivity contribution < 1.29 is 0 Å². The summed E-state index contributed by atoms with van der Waals surface area (Å²) in [7, 11) is 2.04. The van der Waals surface area contributed by atoms with Gasteiger partial charge in [-0.05, 0) is 25.3 Å². The molecule has 2 nitrogen and oxygen atoms in total. The van der Waals surface area contributed by atoms with Gasteiger partial charge in [-0.1, -0.05) is 13.8 Å². The molecule has 1 saturated carbocycles. The van der Waals surface area contributed by atoms with Crippen LogP contribution in [0.3, 0.4) is 0 Å². The standard InChI is InChI=1S/C9H20N2/c1-8(2)11-7-9(4-5-9)6-10-3/h8,10-11H,4-7H2,1-3H3. The first-order valence-corrected chi connectivity index (χ1v) is 4.56. The molecule has 0 aromatic carbocycles. The average molecular weight is 156 g/mol. The molecule has 0 saturated heterocycles. The quantitative estimate of drug-likeness (QED) is 0.620. The summed E-state index contributed by atoms with van der Waals surface area (Å²) in [6.45, 7) is 6.77. The first-order valence-electron chi connectivity index (χ1n) is 4.56. The lowest BCUT2D eigenvalue weighted by Gasteiger charge is -2.17. The van der Waals surface area contributed by atoms with E-state index in [-0.39, 0.29) is 0 Å². The van der Waals surface area contributed by atoms with Crippen molar-refractivity contribution in [3.8, 4) is 0 Å². The molecule has 0 bridgehead atoms. The van der Waals surface area contributed by atoms with Crippen LogP contribution < -0.4 is 10.6 Å². The molecule has 2 N–H and O–H groups in total. The molecular weight excluding hydrogens is 136 g/mol. The summed E-state index contributed by atoms with van der Waals surface area (Å²) in [5, 5.41) is 6.75. The molecule has 1 rings (SSSR count). The maximum Gasteiger partial charge on any atom is 0.00223 e. The van der Waals surface area contributed by atoms with Crippen LogP contribution in [0.5, 0.6) is 0 Å². The fourth-order valence-corrected chi connectivity index (χ4v) is 1.39. The molecule has 0 heterocycles. The molecule has 11 heavy (non-hydrogen) atoms. The van der Waals surface area contributed by atoms with Crippen LogP contribution in [0.4, 0.5) is 0 Å². The summed E-state index contributed by atoms with van der Waals surface area (Å²) in [6, 6.07) is 0.629. The highest BCUT2D eigenvalue weighted by Gasteiger charge is 2.41. The van der Waals surface area contributed by atoms with Crippen molar-refractivity contribution in [3.63, 3.8) is 0 Å². The Hall–Kier alpha value is -0.0800. The van der Waals surface area contributed by atoms with E-state index in [4.69, 9.17) is 0 Å². The summed E-state index contributed by atoms with van der Waals surface area (Å²) >= 11 is 0. The fraction of sp³-hybridized carbons (Fsp3) is 1.00. The Kier molecular flexibility index (Phi) is 2.90. The molecule has 1 aliphatic carbocycles. The first-order chi connectivity index (χ1) is 5.18. The largest absolute Gasteiger partial charge is 0.319 e. The Morgan fingerprint density at radius 3 is 2.27 bits per heavy atom. The van der Waals surface area contributed by atoms with Crippen LogP contribution >= 0.6 is 0 Å². The number of hydrogen-bond acceptors (Lipinski definition) is 2. The minimum atomic E-state index is 0.610. The molecule has 66 valence electrons. The molecule has 0 atom stereocenters. The van der Waals surface area contributed by atoms with E-state index in [2.05, 4.69) is 24.5 Å². The number of nitrogens with one attached hydrogen (secondary N) is 2. The molecule has 1 fully saturated rings. The van der Waals surface area contributed by atoms with Crippen molar-refractivity contribution in [1.29, 1.82) is 0 Å². The minimum absolute atomic E-state index is 0.610. The van der Waals surface area contributed by atoms with E-state index in [9.17, 15) is 0 Å². The predicted molar refractivity (Wildman–Crippen MR) is 48.7 cm³/mol. The molecule has 0 aliphatic heterocycles. The Morgan fingerprint density at radius 2 is 1.91 bits per heavy atom. The third-order valence-corrected chi connectivity index (χ3v) is 2.39. The van der Waals surface area contributed by atoms with Gasteiger partial charge in [0.2, 0.25) is 0 Å². The van der Waals surface area contributed by atoms with Gasteiger partial charge in [-0.15, -0.1) is 0 Å². The van der Waals surface area contributed by atoms with Crippen molar-refractivity contribution in [2.75, 3.05) is 20.1 Å². The van der Waals surface area contributed by atoms with Crippen molar-refractivity contribution in [3.05, 3.63) is 0 Å². The van der Waals surface area contributed by atoms with Gasteiger partial charge in [-0.2, -0.15) is 0 Å². The third kappa shape index (κ3) is 2.80. The van der Waals surface area contributed by atoms with Crippen LogP contribution in [0.25, 0.3) is 0 Å². The smallest absolute Gasteiger partial charge is 0.00223 e. The van der Waals surface area contributed by atoms with E-state index in [1.165, 1.54) is 25.9 Å². The van der Waals surface area contributed by atoms with Crippen LogP contribution in [0.2, 0.25) is 0 Å². The number of rotatable bonds is 5. The fourth-order valence-electron chi connectivity index (χ4n) is 1.39. The molecule has 0 aromatic rings. The molecular formula is C9H20N2. The molecule has 1 aliphatic rings. The van der Waals surface area contributed by atoms with Crippen LogP contribution in [-0.4, -0.2) is 26.2 Å². The van der Waals surface area contributed by atoms with Crippen molar-refractivity contribution in [2.24, 2.45) is 5.41 Å². The van der Waals surface area contributed by atoms with Gasteiger partial charge >= 0.3 is 0 Å². The predicted octanol–water partition coefficient (Wildman–Crippen LogP) is 0.984. The molecule has 0 aromatic heterocycles. The lowest BCUT2D eigenvalue weighted by atomic mass is 10.1. The van der Waals surface area contributed by atoms with Crippen molar-refractivity contribution in [2.45, 2.75) is 32.7 Å². The lowest BCUT2D eigenvalue weighted by molar-refractivity contribution is 0.417. The molecule has 0 amide bonds. The Balaban J connectivity index is 2.14. The monoisotopic (exact) mass is 156 g/mol. The van der Waals surface area contributed by atoms with Crippen LogP contribution in [0.15, 0.2) is 0 Å². The number of hydrogen-bond donors (Lipinski definition) is 2. The molecule has 0 spiro atoms. The second-order valence-corrected chi connectivity index (χ2v) is 4.07. The van der Waals surface area contributed by atoms with E-state index in [1.54, 1.807) is 0 Å². The Bertz CT molecular complexity index is 117. The summed E-state index contributed by atoms with van der Waals surface area (Å²) in [6.07, 6.45) is 2.79. The molecule has 0 unspecified atom stereocenters. The summed E-state index contributed by atoms with van der Waals surface area (Å²) in [5.74, 6) is 0. The van der Waals surface area contributed by atoms with E-state index in [1.807, 2.05) is 7.05 Å². The maximum atomic E-state index is 3.49. The maximum absolute atomic E-state index is 3.49. The second kappa shape index (κ2) is 3.55. The zero-order valence-electron chi connectivity index (χ0n) is 7.91. The zero-order valence-corrected chi connectivity index (χ0v) is 7.91. The second-order valence-electron chi connectivity index (χ2n) is 4.07.